The van der Waals surface area contributed by atoms with Crippen molar-refractivity contribution in [1.82, 2.24) is 0 Å². The summed E-state index contributed by atoms with van der Waals surface area (Å²) in [5, 5.41) is 21.2. The van der Waals surface area contributed by atoms with E-state index in [1.54, 1.807) is 0 Å². The predicted octanol–water partition coefficient (Wildman–Crippen LogP) is 1.99. The lowest BCUT2D eigenvalue weighted by Gasteiger charge is -2.33. The average Bonchev–Trinajstić information content (AvgIpc) is 2.36. The Morgan fingerprint density at radius 3 is 2.94 bits per heavy atom. The topological polar surface area (TPSA) is 59.6 Å². The van der Waals surface area contributed by atoms with Gasteiger partial charge in [0.15, 0.2) is 0 Å². The van der Waals surface area contributed by atoms with Gasteiger partial charge in [0, 0.05) is 24.2 Å². The number of para-hydroxylation sites is 1. The van der Waals surface area contributed by atoms with Crippen molar-refractivity contribution in [2.75, 3.05) is 11.4 Å². The highest BCUT2D eigenvalue weighted by atomic mass is 16.4. The van der Waals surface area contributed by atoms with Gasteiger partial charge in [-0.05, 0) is 13.0 Å². The van der Waals surface area contributed by atoms with Crippen molar-refractivity contribution in [2.24, 2.45) is 5.16 Å². The number of hydrogen-bond donors (Lipinski definition) is 1. The summed E-state index contributed by atoms with van der Waals surface area (Å²) >= 11 is 0. The van der Waals surface area contributed by atoms with E-state index in [2.05, 4.69) is 11.2 Å². The fourth-order valence-corrected chi connectivity index (χ4v) is 2.03. The summed E-state index contributed by atoms with van der Waals surface area (Å²) in [5.74, 6) is 0. The van der Waals surface area contributed by atoms with E-state index < -0.39 is 0 Å². The van der Waals surface area contributed by atoms with Gasteiger partial charge >= 0.3 is 0 Å². The Kier molecular flexibility index (Phi) is 2.78. The zero-order valence-electron chi connectivity index (χ0n) is 9.09. The molecule has 0 saturated carbocycles. The first-order valence-electron chi connectivity index (χ1n) is 5.24. The van der Waals surface area contributed by atoms with Crippen LogP contribution in [-0.4, -0.2) is 23.5 Å². The number of anilines is 1. The van der Waals surface area contributed by atoms with Crippen LogP contribution in [0.15, 0.2) is 29.4 Å². The molecule has 1 atom stereocenters. The van der Waals surface area contributed by atoms with Gasteiger partial charge in [-0.1, -0.05) is 23.4 Å². The lowest BCUT2D eigenvalue weighted by atomic mass is 9.98. The summed E-state index contributed by atoms with van der Waals surface area (Å²) in [7, 11) is 0. The highest BCUT2D eigenvalue weighted by molar-refractivity contribution is 6.06. The summed E-state index contributed by atoms with van der Waals surface area (Å²) in [4.78, 5) is 2.03. The Balaban J connectivity index is 2.48. The molecule has 0 aromatic heterocycles. The molecule has 0 saturated heterocycles. The van der Waals surface area contributed by atoms with E-state index in [9.17, 15) is 0 Å². The lowest BCUT2D eigenvalue weighted by molar-refractivity contribution is 0.317. The molecule has 1 aromatic rings. The van der Waals surface area contributed by atoms with Crippen molar-refractivity contribution in [1.29, 1.82) is 5.26 Å². The molecule has 1 aliphatic rings. The second kappa shape index (κ2) is 4.23. The molecule has 82 valence electrons. The SMILES string of the molecule is CC(C#N)N1CCC(=NO)c2ccccc21. The van der Waals surface area contributed by atoms with Gasteiger partial charge < -0.3 is 10.1 Å². The molecular weight excluding hydrogens is 202 g/mol. The van der Waals surface area contributed by atoms with E-state index in [1.165, 1.54) is 0 Å². The Labute approximate surface area is 94.4 Å². The smallest absolute Gasteiger partial charge is 0.114 e. The zero-order chi connectivity index (χ0) is 11.5. The molecule has 2 rings (SSSR count). The number of fused-ring (bicyclic) bond motifs is 1. The van der Waals surface area contributed by atoms with Crippen molar-refractivity contribution in [3.63, 3.8) is 0 Å². The number of oxime groups is 1. The van der Waals surface area contributed by atoms with Gasteiger partial charge in [0.05, 0.1) is 11.8 Å². The van der Waals surface area contributed by atoms with E-state index in [0.717, 1.165) is 11.3 Å². The van der Waals surface area contributed by atoms with Crippen molar-refractivity contribution in [3.05, 3.63) is 29.8 Å². The minimum atomic E-state index is -0.165. The fourth-order valence-electron chi connectivity index (χ4n) is 2.03. The van der Waals surface area contributed by atoms with Crippen LogP contribution in [0, 0.1) is 11.3 Å². The van der Waals surface area contributed by atoms with Crippen LogP contribution < -0.4 is 4.90 Å². The van der Waals surface area contributed by atoms with Crippen molar-refractivity contribution < 1.29 is 5.21 Å². The van der Waals surface area contributed by atoms with Crippen molar-refractivity contribution in [3.8, 4) is 6.07 Å². The van der Waals surface area contributed by atoms with E-state index in [-0.39, 0.29) is 6.04 Å². The van der Waals surface area contributed by atoms with Gasteiger partial charge in [-0.2, -0.15) is 5.26 Å². The van der Waals surface area contributed by atoms with E-state index in [1.807, 2.05) is 36.1 Å². The van der Waals surface area contributed by atoms with Crippen molar-refractivity contribution in [2.45, 2.75) is 19.4 Å². The summed E-state index contributed by atoms with van der Waals surface area (Å²) in [6, 6.07) is 9.77. The quantitative estimate of drug-likeness (QED) is 0.575. The Morgan fingerprint density at radius 1 is 1.50 bits per heavy atom. The standard InChI is InChI=1S/C12H13N3O/c1-9(8-13)15-7-6-11(14-16)10-4-2-3-5-12(10)15/h2-5,9,16H,6-7H2,1H3. The Hall–Kier alpha value is -2.02. The molecule has 4 heteroatoms. The number of nitriles is 1. The van der Waals surface area contributed by atoms with Gasteiger partial charge in [0.1, 0.15) is 6.04 Å². The second-order valence-electron chi connectivity index (χ2n) is 3.81. The maximum absolute atomic E-state index is 8.96. The van der Waals surface area contributed by atoms with Crippen LogP contribution in [0.25, 0.3) is 0 Å². The number of nitrogens with zero attached hydrogens (tertiary/aromatic N) is 3. The summed E-state index contributed by atoms with van der Waals surface area (Å²) < 4.78 is 0. The van der Waals surface area contributed by atoms with Gasteiger partial charge in [0.25, 0.3) is 0 Å². The van der Waals surface area contributed by atoms with Gasteiger partial charge in [0.2, 0.25) is 0 Å². The number of rotatable bonds is 1. The molecule has 0 bridgehead atoms. The van der Waals surface area contributed by atoms with Crippen LogP contribution in [-0.2, 0) is 0 Å². The van der Waals surface area contributed by atoms with Crippen LogP contribution in [0.3, 0.4) is 0 Å². The average molecular weight is 215 g/mol. The zero-order valence-corrected chi connectivity index (χ0v) is 9.09. The van der Waals surface area contributed by atoms with Crippen LogP contribution >= 0.6 is 0 Å². The van der Waals surface area contributed by atoms with E-state index in [4.69, 9.17) is 10.5 Å². The first-order chi connectivity index (χ1) is 7.77. The maximum atomic E-state index is 8.96. The van der Waals surface area contributed by atoms with Crippen LogP contribution in [0.1, 0.15) is 18.9 Å². The third kappa shape index (κ3) is 1.61. The van der Waals surface area contributed by atoms with Gasteiger partial charge in [-0.25, -0.2) is 0 Å². The molecule has 0 aliphatic carbocycles. The fraction of sp³-hybridized carbons (Fsp3) is 0.333. The normalized spacial score (nSPS) is 19.0. The third-order valence-corrected chi connectivity index (χ3v) is 2.89. The van der Waals surface area contributed by atoms with Gasteiger partial charge in [-0.3, -0.25) is 0 Å². The summed E-state index contributed by atoms with van der Waals surface area (Å²) in [6.45, 7) is 2.59. The summed E-state index contributed by atoms with van der Waals surface area (Å²) in [5.41, 5.74) is 2.57. The molecule has 1 aliphatic heterocycles. The molecular formula is C12H13N3O. The van der Waals surface area contributed by atoms with Crippen LogP contribution in [0.2, 0.25) is 0 Å². The van der Waals surface area contributed by atoms with Crippen LogP contribution in [0.4, 0.5) is 5.69 Å². The second-order valence-corrected chi connectivity index (χ2v) is 3.81. The minimum absolute atomic E-state index is 0.165. The maximum Gasteiger partial charge on any atom is 0.114 e. The van der Waals surface area contributed by atoms with E-state index >= 15 is 0 Å². The molecule has 1 heterocycles. The number of benzene rings is 1. The molecule has 4 nitrogen and oxygen atoms in total. The molecule has 1 N–H and O–H groups in total. The highest BCUT2D eigenvalue weighted by Gasteiger charge is 2.24. The molecule has 16 heavy (non-hydrogen) atoms. The highest BCUT2D eigenvalue weighted by Crippen LogP contribution is 2.28. The van der Waals surface area contributed by atoms with E-state index in [0.29, 0.717) is 18.7 Å². The monoisotopic (exact) mass is 215 g/mol. The number of hydrogen-bond acceptors (Lipinski definition) is 4. The minimum Gasteiger partial charge on any atom is -0.411 e. The first kappa shape index (κ1) is 10.5. The molecule has 0 fully saturated rings. The first-order valence-corrected chi connectivity index (χ1v) is 5.24. The lowest BCUT2D eigenvalue weighted by Crippen LogP contribution is -2.38. The van der Waals surface area contributed by atoms with Crippen molar-refractivity contribution >= 4 is 11.4 Å². The molecule has 1 aromatic carbocycles. The summed E-state index contributed by atoms with van der Waals surface area (Å²) in [6.07, 6.45) is 0.666. The van der Waals surface area contributed by atoms with Crippen LogP contribution in [0.5, 0.6) is 0 Å². The third-order valence-electron chi connectivity index (χ3n) is 2.89. The largest absolute Gasteiger partial charge is 0.411 e. The molecule has 0 spiro atoms. The molecule has 1 unspecified atom stereocenters. The Bertz CT molecular complexity index is 462. The molecule has 0 amide bonds. The van der Waals surface area contributed by atoms with Gasteiger partial charge in [-0.15, -0.1) is 0 Å². The Morgan fingerprint density at radius 2 is 2.25 bits per heavy atom. The predicted molar refractivity (Wildman–Crippen MR) is 61.8 cm³/mol. The molecule has 0 radical (unpaired) electrons.